The Morgan fingerprint density at radius 1 is 1.17 bits per heavy atom. The summed E-state index contributed by atoms with van der Waals surface area (Å²) >= 11 is 0. The minimum atomic E-state index is -0.230. The molecule has 2 heterocycles. The molecule has 1 atom stereocenters. The molecular weight excluding hydrogens is 304 g/mol. The molecule has 0 radical (unpaired) electrons. The molecule has 3 rings (SSSR count). The van der Waals surface area contributed by atoms with Gasteiger partial charge in [-0.05, 0) is 51.5 Å². The summed E-state index contributed by atoms with van der Waals surface area (Å²) in [6, 6.07) is 2.10. The Balaban J connectivity index is 1.56. The molecule has 2 amide bonds. The first-order chi connectivity index (χ1) is 11.6. The number of rotatable bonds is 4. The number of hydrogen-bond acceptors (Lipinski definition) is 3. The van der Waals surface area contributed by atoms with Crippen molar-refractivity contribution in [3.8, 4) is 0 Å². The van der Waals surface area contributed by atoms with Crippen molar-refractivity contribution in [1.82, 2.24) is 10.2 Å². The van der Waals surface area contributed by atoms with Crippen LogP contribution in [0.2, 0.25) is 0 Å². The predicted molar refractivity (Wildman–Crippen MR) is 91.8 cm³/mol. The molecule has 0 spiro atoms. The van der Waals surface area contributed by atoms with Gasteiger partial charge in [-0.25, -0.2) is 0 Å². The molecule has 24 heavy (non-hydrogen) atoms. The van der Waals surface area contributed by atoms with Gasteiger partial charge in [0.25, 0.3) is 5.91 Å². The number of furan rings is 1. The number of carbonyl (C=O) groups excluding carboxylic acids is 2. The zero-order valence-electron chi connectivity index (χ0n) is 14.8. The van der Waals surface area contributed by atoms with Crippen molar-refractivity contribution in [2.75, 3.05) is 13.1 Å². The predicted octanol–water partition coefficient (Wildman–Crippen LogP) is 3.20. The third-order valence-electron chi connectivity index (χ3n) is 5.50. The summed E-state index contributed by atoms with van der Waals surface area (Å²) in [6.07, 6.45) is 8.60. The maximum atomic E-state index is 12.6. The zero-order valence-corrected chi connectivity index (χ0v) is 14.8. The summed E-state index contributed by atoms with van der Waals surface area (Å²) in [5, 5.41) is 2.76. The Morgan fingerprint density at radius 2 is 1.92 bits per heavy atom. The smallest absolute Gasteiger partial charge is 0.255 e. The maximum absolute atomic E-state index is 12.6. The fraction of sp³-hybridized carbons (Fsp3) is 0.684. The molecule has 1 saturated carbocycles. The number of aryl methyl sites for hydroxylation is 2. The van der Waals surface area contributed by atoms with E-state index >= 15 is 0 Å². The lowest BCUT2D eigenvalue weighted by molar-refractivity contribution is -0.132. The van der Waals surface area contributed by atoms with Gasteiger partial charge < -0.3 is 14.6 Å². The molecule has 132 valence electrons. The number of carbonyl (C=O) groups is 2. The van der Waals surface area contributed by atoms with Crippen molar-refractivity contribution < 1.29 is 14.0 Å². The Morgan fingerprint density at radius 3 is 2.58 bits per heavy atom. The Bertz CT molecular complexity index is 602. The summed E-state index contributed by atoms with van der Waals surface area (Å²) in [4.78, 5) is 26.9. The van der Waals surface area contributed by atoms with Gasteiger partial charge in [0.1, 0.15) is 11.5 Å². The first kappa shape index (κ1) is 17.1. The van der Waals surface area contributed by atoms with Crippen LogP contribution in [0.25, 0.3) is 0 Å². The molecule has 0 unspecified atom stereocenters. The third-order valence-corrected chi connectivity index (χ3v) is 5.50. The van der Waals surface area contributed by atoms with E-state index in [1.54, 1.807) is 13.0 Å². The van der Waals surface area contributed by atoms with Gasteiger partial charge in [0.05, 0.1) is 12.1 Å². The number of likely N-dealkylation sites (tertiary alicyclic amines) is 1. The van der Waals surface area contributed by atoms with Crippen molar-refractivity contribution >= 4 is 11.8 Å². The molecule has 1 aliphatic carbocycles. The monoisotopic (exact) mass is 332 g/mol. The maximum Gasteiger partial charge on any atom is 0.255 e. The second-order valence-corrected chi connectivity index (χ2v) is 7.20. The van der Waals surface area contributed by atoms with Crippen molar-refractivity contribution in [2.24, 2.45) is 5.92 Å². The largest absolute Gasteiger partial charge is 0.466 e. The quantitative estimate of drug-likeness (QED) is 0.921. The molecule has 5 nitrogen and oxygen atoms in total. The lowest BCUT2D eigenvalue weighted by Crippen LogP contribution is -2.45. The molecule has 5 heteroatoms. The highest BCUT2D eigenvalue weighted by Gasteiger charge is 2.35. The lowest BCUT2D eigenvalue weighted by atomic mass is 9.83. The minimum Gasteiger partial charge on any atom is -0.466 e. The SMILES string of the molecule is Cc1cc(C(=O)NCC(=O)N2CCC[C@H]2C2CCCCC2)c(C)o1. The topological polar surface area (TPSA) is 62.6 Å². The first-order valence-electron chi connectivity index (χ1n) is 9.21. The molecule has 2 aliphatic rings. The van der Waals surface area contributed by atoms with E-state index < -0.39 is 0 Å². The van der Waals surface area contributed by atoms with Crippen LogP contribution in [0.15, 0.2) is 10.5 Å². The average molecular weight is 332 g/mol. The highest BCUT2D eigenvalue weighted by Crippen LogP contribution is 2.34. The summed E-state index contributed by atoms with van der Waals surface area (Å²) in [5.74, 6) is 1.78. The van der Waals surface area contributed by atoms with E-state index in [4.69, 9.17) is 4.42 Å². The van der Waals surface area contributed by atoms with Crippen LogP contribution in [0.5, 0.6) is 0 Å². The van der Waals surface area contributed by atoms with Crippen molar-refractivity contribution in [2.45, 2.75) is 64.8 Å². The van der Waals surface area contributed by atoms with E-state index in [0.717, 1.165) is 19.4 Å². The van der Waals surface area contributed by atoms with Gasteiger partial charge >= 0.3 is 0 Å². The van der Waals surface area contributed by atoms with E-state index in [1.165, 1.54) is 32.1 Å². The van der Waals surface area contributed by atoms with Gasteiger partial charge in [0.15, 0.2) is 0 Å². The molecule has 0 bridgehead atoms. The number of nitrogens with zero attached hydrogens (tertiary/aromatic N) is 1. The fourth-order valence-electron chi connectivity index (χ4n) is 4.32. The number of amides is 2. The minimum absolute atomic E-state index is 0.0503. The van der Waals surface area contributed by atoms with E-state index in [0.29, 0.717) is 29.0 Å². The van der Waals surface area contributed by atoms with Crippen LogP contribution >= 0.6 is 0 Å². The Labute approximate surface area is 143 Å². The van der Waals surface area contributed by atoms with Crippen LogP contribution in [0.3, 0.4) is 0 Å². The van der Waals surface area contributed by atoms with Gasteiger partial charge in [0.2, 0.25) is 5.91 Å². The number of nitrogens with one attached hydrogen (secondary N) is 1. The van der Waals surface area contributed by atoms with Crippen LogP contribution < -0.4 is 5.32 Å². The van der Waals surface area contributed by atoms with Crippen molar-refractivity contribution in [3.63, 3.8) is 0 Å². The third kappa shape index (κ3) is 3.65. The molecule has 1 N–H and O–H groups in total. The summed E-state index contributed by atoms with van der Waals surface area (Å²) in [7, 11) is 0. The van der Waals surface area contributed by atoms with Crippen LogP contribution in [0.1, 0.15) is 66.8 Å². The number of hydrogen-bond donors (Lipinski definition) is 1. The highest BCUT2D eigenvalue weighted by molar-refractivity contribution is 5.97. The summed E-state index contributed by atoms with van der Waals surface area (Å²) in [6.45, 7) is 4.49. The van der Waals surface area contributed by atoms with E-state index in [1.807, 2.05) is 11.8 Å². The normalized spacial score (nSPS) is 21.9. The van der Waals surface area contributed by atoms with E-state index in [9.17, 15) is 9.59 Å². The van der Waals surface area contributed by atoms with Crippen molar-refractivity contribution in [1.29, 1.82) is 0 Å². The molecule has 1 aromatic heterocycles. The Kier molecular flexibility index (Phi) is 5.27. The lowest BCUT2D eigenvalue weighted by Gasteiger charge is -2.34. The molecule has 1 aromatic rings. The molecule has 0 aromatic carbocycles. The molecular formula is C19H28N2O3. The first-order valence-corrected chi connectivity index (χ1v) is 9.21. The van der Waals surface area contributed by atoms with Gasteiger partial charge in [-0.15, -0.1) is 0 Å². The highest BCUT2D eigenvalue weighted by atomic mass is 16.3. The standard InChI is InChI=1S/C19H28N2O3/c1-13-11-16(14(2)24-13)19(23)20-12-18(22)21-10-6-9-17(21)15-7-4-3-5-8-15/h11,15,17H,3-10,12H2,1-2H3,(H,20,23)/t17-/m0/s1. The summed E-state index contributed by atoms with van der Waals surface area (Å²) in [5.41, 5.74) is 0.519. The average Bonchev–Trinajstić information content (AvgIpc) is 3.19. The second kappa shape index (κ2) is 7.41. The van der Waals surface area contributed by atoms with Crippen molar-refractivity contribution in [3.05, 3.63) is 23.2 Å². The molecule has 2 fully saturated rings. The van der Waals surface area contributed by atoms with Crippen LogP contribution in [0.4, 0.5) is 0 Å². The van der Waals surface area contributed by atoms with Gasteiger partial charge in [-0.3, -0.25) is 9.59 Å². The van der Waals surface area contributed by atoms with Gasteiger partial charge in [-0.1, -0.05) is 19.3 Å². The summed E-state index contributed by atoms with van der Waals surface area (Å²) < 4.78 is 5.38. The second-order valence-electron chi connectivity index (χ2n) is 7.20. The Hall–Kier alpha value is -1.78. The van der Waals surface area contributed by atoms with Gasteiger partial charge in [0, 0.05) is 12.6 Å². The molecule has 1 aliphatic heterocycles. The molecule has 1 saturated heterocycles. The van der Waals surface area contributed by atoms with Gasteiger partial charge in [-0.2, -0.15) is 0 Å². The van der Waals surface area contributed by atoms with E-state index in [-0.39, 0.29) is 18.4 Å². The zero-order chi connectivity index (χ0) is 17.1. The van der Waals surface area contributed by atoms with E-state index in [2.05, 4.69) is 5.32 Å². The van der Waals surface area contributed by atoms with Crippen LogP contribution in [-0.2, 0) is 4.79 Å². The fourth-order valence-corrected chi connectivity index (χ4v) is 4.32. The van der Waals surface area contributed by atoms with Crippen LogP contribution in [-0.4, -0.2) is 35.8 Å². The van der Waals surface area contributed by atoms with Crippen LogP contribution in [0, 0.1) is 19.8 Å².